The van der Waals surface area contributed by atoms with Crippen molar-refractivity contribution in [2.45, 2.75) is 57.5 Å². The van der Waals surface area contributed by atoms with Crippen molar-refractivity contribution >= 4 is 17.7 Å². The molecule has 0 atom stereocenters. The van der Waals surface area contributed by atoms with Crippen molar-refractivity contribution in [3.63, 3.8) is 0 Å². The average molecular weight is 356 g/mol. The fourth-order valence-electron chi connectivity index (χ4n) is 3.24. The Bertz CT molecular complexity index is 802. The van der Waals surface area contributed by atoms with Gasteiger partial charge < -0.3 is 5.32 Å². The van der Waals surface area contributed by atoms with E-state index in [1.54, 1.807) is 0 Å². The van der Waals surface area contributed by atoms with E-state index in [4.69, 9.17) is 0 Å². The molecule has 25 heavy (non-hydrogen) atoms. The van der Waals surface area contributed by atoms with Gasteiger partial charge in [0.15, 0.2) is 0 Å². The van der Waals surface area contributed by atoms with Crippen LogP contribution in [0.3, 0.4) is 0 Å². The summed E-state index contributed by atoms with van der Waals surface area (Å²) >= 11 is 1.50. The zero-order chi connectivity index (χ0) is 18.0. The first kappa shape index (κ1) is 17.9. The first-order chi connectivity index (χ1) is 12.0. The highest BCUT2D eigenvalue weighted by Crippen LogP contribution is 2.24. The third-order valence-corrected chi connectivity index (χ3v) is 5.31. The highest BCUT2D eigenvalue weighted by Gasteiger charge is 2.19. The van der Waals surface area contributed by atoms with Crippen molar-refractivity contribution in [3.05, 3.63) is 52.0 Å². The summed E-state index contributed by atoms with van der Waals surface area (Å²) < 4.78 is 0. The van der Waals surface area contributed by atoms with Crippen LogP contribution in [0.15, 0.2) is 23.2 Å². The molecule has 1 amide bonds. The van der Waals surface area contributed by atoms with Gasteiger partial charge in [0.2, 0.25) is 0 Å². The number of carbonyl (C=O) groups is 1. The van der Waals surface area contributed by atoms with E-state index >= 15 is 0 Å². The number of hydrogen-bond donors (Lipinski definition) is 1. The number of rotatable bonds is 5. The number of nitrogens with one attached hydrogen (secondary N) is 1. The van der Waals surface area contributed by atoms with Crippen LogP contribution in [-0.2, 0) is 19.4 Å². The van der Waals surface area contributed by atoms with E-state index in [9.17, 15) is 4.79 Å². The molecule has 0 unspecified atom stereocenters. The van der Waals surface area contributed by atoms with Crippen LogP contribution in [0, 0.1) is 6.92 Å². The van der Waals surface area contributed by atoms with Gasteiger partial charge in [-0.25, -0.2) is 9.97 Å². The second kappa shape index (κ2) is 7.56. The first-order valence-corrected chi connectivity index (χ1v) is 10.0. The fourth-order valence-corrected chi connectivity index (χ4v) is 3.87. The Balaban J connectivity index is 1.77. The fraction of sp³-hybridized carbons (Fsp3) is 0.450. The minimum atomic E-state index is -0.0994. The Morgan fingerprint density at radius 2 is 2.00 bits per heavy atom. The molecule has 0 radical (unpaired) electrons. The van der Waals surface area contributed by atoms with E-state index in [1.165, 1.54) is 35.7 Å². The van der Waals surface area contributed by atoms with Gasteiger partial charge in [-0.15, -0.1) is 11.8 Å². The molecule has 4 nitrogen and oxygen atoms in total. The van der Waals surface area contributed by atoms with Gasteiger partial charge in [0.25, 0.3) is 5.91 Å². The lowest BCUT2D eigenvalue weighted by molar-refractivity contribution is 0.0946. The highest BCUT2D eigenvalue weighted by atomic mass is 32.2. The van der Waals surface area contributed by atoms with Crippen molar-refractivity contribution in [3.8, 4) is 0 Å². The maximum atomic E-state index is 12.7. The van der Waals surface area contributed by atoms with Gasteiger partial charge in [-0.2, -0.15) is 0 Å². The summed E-state index contributed by atoms with van der Waals surface area (Å²) in [5.41, 5.74) is 5.37. The van der Waals surface area contributed by atoms with Crippen LogP contribution in [0.2, 0.25) is 0 Å². The summed E-state index contributed by atoms with van der Waals surface area (Å²) in [6.45, 7) is 6.54. The van der Waals surface area contributed by atoms with E-state index in [0.717, 1.165) is 28.5 Å². The minimum Gasteiger partial charge on any atom is -0.348 e. The maximum Gasteiger partial charge on any atom is 0.256 e. The molecule has 5 heteroatoms. The topological polar surface area (TPSA) is 54.9 Å². The average Bonchev–Trinajstić information content (AvgIpc) is 3.06. The van der Waals surface area contributed by atoms with Gasteiger partial charge in [-0.1, -0.05) is 32.0 Å². The molecule has 0 fully saturated rings. The zero-order valence-electron chi connectivity index (χ0n) is 15.3. The van der Waals surface area contributed by atoms with Crippen LogP contribution in [-0.4, -0.2) is 22.1 Å². The molecule has 1 N–H and O–H groups in total. The molecular weight excluding hydrogens is 330 g/mol. The quantitative estimate of drug-likeness (QED) is 0.649. The van der Waals surface area contributed by atoms with Gasteiger partial charge in [0.1, 0.15) is 10.9 Å². The molecule has 1 heterocycles. The molecule has 2 aromatic rings. The van der Waals surface area contributed by atoms with Crippen molar-refractivity contribution in [2.75, 3.05) is 6.26 Å². The summed E-state index contributed by atoms with van der Waals surface area (Å²) in [7, 11) is 0. The van der Waals surface area contributed by atoms with E-state index in [0.29, 0.717) is 12.1 Å². The third kappa shape index (κ3) is 3.87. The molecule has 0 bridgehead atoms. The van der Waals surface area contributed by atoms with Crippen LogP contribution in [0.1, 0.15) is 64.8 Å². The highest BCUT2D eigenvalue weighted by molar-refractivity contribution is 7.98. The number of amides is 1. The molecule has 0 spiro atoms. The number of hydrogen-bond acceptors (Lipinski definition) is 4. The van der Waals surface area contributed by atoms with E-state index < -0.39 is 0 Å². The van der Waals surface area contributed by atoms with Gasteiger partial charge in [-0.05, 0) is 49.1 Å². The number of carbonyl (C=O) groups excluding carboxylic acids is 1. The van der Waals surface area contributed by atoms with Gasteiger partial charge >= 0.3 is 0 Å². The lowest BCUT2D eigenvalue weighted by atomic mass is 10.1. The number of aromatic nitrogens is 2. The van der Waals surface area contributed by atoms with E-state index in [1.807, 2.05) is 13.2 Å². The van der Waals surface area contributed by atoms with Gasteiger partial charge in [0, 0.05) is 12.5 Å². The van der Waals surface area contributed by atoms with Crippen molar-refractivity contribution in [1.29, 1.82) is 0 Å². The first-order valence-electron chi connectivity index (χ1n) is 8.81. The molecule has 132 valence electrons. The predicted octanol–water partition coefficient (Wildman–Crippen LogP) is 4.05. The predicted molar refractivity (Wildman–Crippen MR) is 102 cm³/mol. The molecule has 1 aliphatic rings. The molecule has 3 rings (SSSR count). The normalized spacial score (nSPS) is 13.2. The van der Waals surface area contributed by atoms with Crippen molar-refractivity contribution in [1.82, 2.24) is 15.3 Å². The Kier molecular flexibility index (Phi) is 5.42. The summed E-state index contributed by atoms with van der Waals surface area (Å²) in [6, 6.07) is 6.54. The van der Waals surface area contributed by atoms with Crippen LogP contribution in [0.25, 0.3) is 0 Å². The lowest BCUT2D eigenvalue weighted by Crippen LogP contribution is -2.25. The number of benzene rings is 1. The Labute approximate surface area is 153 Å². The standard InChI is InChI=1S/C20H25N3OS/c1-12(2)18-22-13(3)17(20(23-18)25-4)19(24)21-11-14-8-9-15-6-5-7-16(15)10-14/h8-10,12H,5-7,11H2,1-4H3,(H,21,24). The number of thioether (sulfide) groups is 1. The summed E-state index contributed by atoms with van der Waals surface area (Å²) in [5, 5.41) is 3.79. The molecule has 1 aromatic heterocycles. The molecule has 0 saturated heterocycles. The second-order valence-electron chi connectivity index (χ2n) is 6.85. The SMILES string of the molecule is CSc1nc(C(C)C)nc(C)c1C(=O)NCc1ccc2c(c1)CCC2. The van der Waals surface area contributed by atoms with Crippen molar-refractivity contribution < 1.29 is 4.79 Å². The number of nitrogens with zero attached hydrogens (tertiary/aromatic N) is 2. The van der Waals surface area contributed by atoms with Crippen LogP contribution < -0.4 is 5.32 Å². The van der Waals surface area contributed by atoms with Gasteiger partial charge in [0.05, 0.1) is 11.3 Å². The number of aryl methyl sites for hydroxylation is 3. The maximum absolute atomic E-state index is 12.7. The van der Waals surface area contributed by atoms with E-state index in [-0.39, 0.29) is 11.8 Å². The Morgan fingerprint density at radius 3 is 2.72 bits per heavy atom. The zero-order valence-corrected chi connectivity index (χ0v) is 16.2. The Morgan fingerprint density at radius 1 is 1.24 bits per heavy atom. The molecular formula is C20H25N3OS. The minimum absolute atomic E-state index is 0.0994. The second-order valence-corrected chi connectivity index (χ2v) is 7.64. The molecule has 0 aliphatic heterocycles. The molecule has 0 saturated carbocycles. The summed E-state index contributed by atoms with van der Waals surface area (Å²) in [4.78, 5) is 21.8. The summed E-state index contributed by atoms with van der Waals surface area (Å²) in [5.74, 6) is 0.933. The summed E-state index contributed by atoms with van der Waals surface area (Å²) in [6.07, 6.45) is 5.51. The smallest absolute Gasteiger partial charge is 0.256 e. The largest absolute Gasteiger partial charge is 0.348 e. The monoisotopic (exact) mass is 355 g/mol. The molecule has 1 aliphatic carbocycles. The lowest BCUT2D eigenvalue weighted by Gasteiger charge is -2.14. The van der Waals surface area contributed by atoms with Crippen molar-refractivity contribution in [2.24, 2.45) is 0 Å². The van der Waals surface area contributed by atoms with Crippen LogP contribution >= 0.6 is 11.8 Å². The molecule has 1 aromatic carbocycles. The van der Waals surface area contributed by atoms with E-state index in [2.05, 4.69) is 47.3 Å². The Hall–Kier alpha value is -1.88. The van der Waals surface area contributed by atoms with Crippen LogP contribution in [0.5, 0.6) is 0 Å². The van der Waals surface area contributed by atoms with Gasteiger partial charge in [-0.3, -0.25) is 4.79 Å². The third-order valence-electron chi connectivity index (χ3n) is 4.63. The number of fused-ring (bicyclic) bond motifs is 1. The van der Waals surface area contributed by atoms with Crippen LogP contribution in [0.4, 0.5) is 0 Å².